The minimum absolute atomic E-state index is 0.438. The molecule has 4 N–H and O–H groups in total. The second kappa shape index (κ2) is 8.85. The van der Waals surface area contributed by atoms with Crippen LogP contribution in [0.3, 0.4) is 0 Å². The van der Waals surface area contributed by atoms with Crippen LogP contribution in [-0.2, 0) is 19.5 Å². The van der Waals surface area contributed by atoms with E-state index in [9.17, 15) is 0 Å². The van der Waals surface area contributed by atoms with Crippen LogP contribution in [-0.4, -0.2) is 14.5 Å². The molecule has 0 aliphatic rings. The van der Waals surface area contributed by atoms with Gasteiger partial charge in [-0.3, -0.25) is 0 Å². The molecule has 0 saturated carbocycles. The van der Waals surface area contributed by atoms with E-state index >= 15 is 0 Å². The van der Waals surface area contributed by atoms with Gasteiger partial charge in [-0.05, 0) is 24.5 Å². The quantitative estimate of drug-likeness (QED) is 0.665. The van der Waals surface area contributed by atoms with E-state index in [1.54, 1.807) is 0 Å². The molecule has 2 aromatic heterocycles. The molecule has 0 spiro atoms. The molecule has 0 radical (unpaired) electrons. The number of hydrogen-bond acceptors (Lipinski definition) is 4. The Labute approximate surface area is 166 Å². The van der Waals surface area contributed by atoms with Crippen molar-refractivity contribution in [3.8, 4) is 0 Å². The predicted molar refractivity (Wildman–Crippen MR) is 118 cm³/mol. The Balaban J connectivity index is 2.25. The van der Waals surface area contributed by atoms with Gasteiger partial charge in [-0.25, -0.2) is 9.97 Å². The van der Waals surface area contributed by atoms with Crippen molar-refractivity contribution in [1.82, 2.24) is 14.5 Å². The van der Waals surface area contributed by atoms with Crippen LogP contribution in [0.15, 0.2) is 36.4 Å². The lowest BCUT2D eigenvalue weighted by Crippen LogP contribution is -2.30. The van der Waals surface area contributed by atoms with Crippen molar-refractivity contribution in [2.45, 2.75) is 46.2 Å². The Morgan fingerprint density at radius 1 is 1.14 bits per heavy atom. The van der Waals surface area contributed by atoms with Crippen LogP contribution in [0.4, 0.5) is 5.82 Å². The topological polar surface area (TPSA) is 82.8 Å². The van der Waals surface area contributed by atoms with Crippen molar-refractivity contribution in [3.63, 3.8) is 0 Å². The highest BCUT2D eigenvalue weighted by atomic mass is 15.1. The first-order valence-electron chi connectivity index (χ1n) is 9.83. The number of pyridine rings is 1. The van der Waals surface area contributed by atoms with E-state index in [0.717, 1.165) is 53.4 Å². The average molecular weight is 376 g/mol. The smallest absolute Gasteiger partial charge is 0.152 e. The lowest BCUT2D eigenvalue weighted by molar-refractivity contribution is 0.689. The number of hydrogen-bond donors (Lipinski definition) is 2. The van der Waals surface area contributed by atoms with Crippen LogP contribution < -0.4 is 22.0 Å². The number of unbranched alkanes of at least 4 members (excludes halogenated alkanes) is 1. The largest absolute Gasteiger partial charge is 0.382 e. The summed E-state index contributed by atoms with van der Waals surface area (Å²) in [5, 5.41) is 1.64. The molecule has 0 aliphatic heterocycles. The first kappa shape index (κ1) is 19.8. The van der Waals surface area contributed by atoms with Crippen molar-refractivity contribution in [3.05, 3.63) is 63.9 Å². The van der Waals surface area contributed by atoms with Crippen molar-refractivity contribution in [2.24, 2.45) is 5.73 Å². The molecule has 146 valence electrons. The molecule has 3 aromatic rings. The number of imidazole rings is 1. The zero-order chi connectivity index (χ0) is 20.1. The van der Waals surface area contributed by atoms with Gasteiger partial charge in [0.2, 0.25) is 0 Å². The van der Waals surface area contributed by atoms with Gasteiger partial charge >= 0.3 is 0 Å². The normalized spacial score (nSPS) is 12.5. The van der Waals surface area contributed by atoms with E-state index in [-0.39, 0.29) is 0 Å². The molecule has 0 saturated heterocycles. The maximum Gasteiger partial charge on any atom is 0.152 e. The Morgan fingerprint density at radius 2 is 1.86 bits per heavy atom. The molecule has 0 atom stereocenters. The second-order valence-electron chi connectivity index (χ2n) is 6.99. The molecule has 0 amide bonds. The van der Waals surface area contributed by atoms with E-state index in [2.05, 4.69) is 47.3 Å². The van der Waals surface area contributed by atoms with Gasteiger partial charge in [0.05, 0.1) is 10.9 Å². The fourth-order valence-corrected chi connectivity index (χ4v) is 3.37. The average Bonchev–Trinajstić information content (AvgIpc) is 3.05. The number of aryl methyl sites for hydroxylation is 1. The summed E-state index contributed by atoms with van der Waals surface area (Å²) in [6.45, 7) is 9.56. The third-order valence-electron chi connectivity index (χ3n) is 4.92. The first-order valence-corrected chi connectivity index (χ1v) is 9.83. The molecule has 0 bridgehead atoms. The number of allylic oxidation sites excluding steroid dienone is 2. The van der Waals surface area contributed by atoms with Crippen molar-refractivity contribution in [2.75, 3.05) is 5.73 Å². The molecule has 5 heteroatoms. The van der Waals surface area contributed by atoms with Gasteiger partial charge in [-0.1, -0.05) is 62.4 Å². The standard InChI is InChI=1S/C23H29N5/c1-4-6-8-19-16(3)26-23(25)21-22(19)28(20(27-21)9-7-5-2)15-18-12-10-17(14-24)11-13-18/h4,6,8,10-13H,3,5,7,9,14-15,24H2,1-2H3,(H2,25,26)/b6-4-,19-8+. The summed E-state index contributed by atoms with van der Waals surface area (Å²) in [4.78, 5) is 9.30. The van der Waals surface area contributed by atoms with Crippen molar-refractivity contribution >= 4 is 29.5 Å². The second-order valence-corrected chi connectivity index (χ2v) is 6.99. The summed E-state index contributed by atoms with van der Waals surface area (Å²) >= 11 is 0. The summed E-state index contributed by atoms with van der Waals surface area (Å²) in [5.41, 5.74) is 16.0. The molecular formula is C23H29N5. The van der Waals surface area contributed by atoms with Crippen LogP contribution in [0.1, 0.15) is 43.6 Å². The third kappa shape index (κ3) is 3.99. The minimum atomic E-state index is 0.438. The SMILES string of the molecule is C=c1nc(N)c2nc(CCCC)n(Cc3ccc(CN)cc3)c2/c1=C/C=C\C. The van der Waals surface area contributed by atoms with Crippen molar-refractivity contribution in [1.29, 1.82) is 0 Å². The van der Waals surface area contributed by atoms with Gasteiger partial charge in [0, 0.05) is 24.7 Å². The number of nitrogens with zero attached hydrogens (tertiary/aromatic N) is 3. The summed E-state index contributed by atoms with van der Waals surface area (Å²) in [5.74, 6) is 1.47. The van der Waals surface area contributed by atoms with Crippen LogP contribution in [0.25, 0.3) is 23.7 Å². The monoisotopic (exact) mass is 375 g/mol. The summed E-state index contributed by atoms with van der Waals surface area (Å²) in [7, 11) is 0. The van der Waals surface area contributed by atoms with Crippen molar-refractivity contribution < 1.29 is 0 Å². The Bertz CT molecular complexity index is 1090. The Hall–Kier alpha value is -2.92. The van der Waals surface area contributed by atoms with Gasteiger partial charge < -0.3 is 16.0 Å². The molecule has 28 heavy (non-hydrogen) atoms. The van der Waals surface area contributed by atoms with E-state index < -0.39 is 0 Å². The number of benzene rings is 1. The maximum atomic E-state index is 6.22. The molecule has 1 aromatic carbocycles. The zero-order valence-corrected chi connectivity index (χ0v) is 16.8. The highest BCUT2D eigenvalue weighted by Gasteiger charge is 2.15. The highest BCUT2D eigenvalue weighted by molar-refractivity contribution is 5.86. The molecule has 0 aliphatic carbocycles. The summed E-state index contributed by atoms with van der Waals surface area (Å²) in [6, 6.07) is 8.41. The zero-order valence-electron chi connectivity index (χ0n) is 16.8. The molecule has 3 rings (SSSR count). The van der Waals surface area contributed by atoms with Crippen LogP contribution in [0.2, 0.25) is 0 Å². The number of rotatable bonds is 7. The lowest BCUT2D eigenvalue weighted by Gasteiger charge is -2.11. The van der Waals surface area contributed by atoms with E-state index in [1.807, 2.05) is 25.2 Å². The number of anilines is 1. The van der Waals surface area contributed by atoms with E-state index in [1.165, 1.54) is 5.56 Å². The number of nitrogen functional groups attached to an aromatic ring is 1. The summed E-state index contributed by atoms with van der Waals surface area (Å²) < 4.78 is 2.27. The molecule has 0 unspecified atom stereocenters. The van der Waals surface area contributed by atoms with Gasteiger partial charge in [0.25, 0.3) is 0 Å². The van der Waals surface area contributed by atoms with Gasteiger partial charge in [0.1, 0.15) is 11.3 Å². The number of aromatic nitrogens is 3. The van der Waals surface area contributed by atoms with E-state index in [4.69, 9.17) is 16.5 Å². The van der Waals surface area contributed by atoms with Crippen LogP contribution in [0.5, 0.6) is 0 Å². The number of fused-ring (bicyclic) bond motifs is 1. The summed E-state index contributed by atoms with van der Waals surface area (Å²) in [6.07, 6.45) is 9.12. The third-order valence-corrected chi connectivity index (χ3v) is 4.92. The molecule has 5 nitrogen and oxygen atoms in total. The lowest BCUT2D eigenvalue weighted by atomic mass is 10.1. The van der Waals surface area contributed by atoms with Gasteiger partial charge in [-0.2, -0.15) is 0 Å². The molecule has 2 heterocycles. The fraction of sp³-hybridized carbons (Fsp3) is 0.304. The molecule has 0 fully saturated rings. The van der Waals surface area contributed by atoms with Gasteiger partial charge in [-0.15, -0.1) is 0 Å². The van der Waals surface area contributed by atoms with Gasteiger partial charge in [0.15, 0.2) is 5.82 Å². The minimum Gasteiger partial charge on any atom is -0.382 e. The maximum absolute atomic E-state index is 6.22. The molecular weight excluding hydrogens is 346 g/mol. The predicted octanol–water partition coefficient (Wildman–Crippen LogP) is 2.63. The Kier molecular flexibility index (Phi) is 6.26. The Morgan fingerprint density at radius 3 is 2.50 bits per heavy atom. The fourth-order valence-electron chi connectivity index (χ4n) is 3.37. The van der Waals surface area contributed by atoms with Crippen LogP contribution >= 0.6 is 0 Å². The highest BCUT2D eigenvalue weighted by Crippen LogP contribution is 2.20. The number of nitrogens with two attached hydrogens (primary N) is 2. The van der Waals surface area contributed by atoms with E-state index in [0.29, 0.717) is 17.7 Å². The first-order chi connectivity index (χ1) is 13.6. The van der Waals surface area contributed by atoms with Crippen LogP contribution in [0, 0.1) is 0 Å².